The number of carbonyl (C=O) groups is 1. The summed E-state index contributed by atoms with van der Waals surface area (Å²) >= 11 is 0. The molecule has 1 amide bonds. The molecule has 1 aromatic carbocycles. The fraction of sp³-hybridized carbons (Fsp3) is 0.115. The third kappa shape index (κ3) is 4.23. The van der Waals surface area contributed by atoms with Crippen LogP contribution in [0.3, 0.4) is 0 Å². The average Bonchev–Trinajstić information content (AvgIpc) is 2.83. The second kappa shape index (κ2) is 9.19. The van der Waals surface area contributed by atoms with Crippen LogP contribution >= 0.6 is 0 Å². The van der Waals surface area contributed by atoms with Crippen LogP contribution in [0, 0.1) is 11.3 Å². The normalized spacial score (nSPS) is 10.9. The number of aromatic nitrogens is 3. The number of amides is 1. The van der Waals surface area contributed by atoms with Crippen LogP contribution < -0.4 is 5.32 Å². The third-order valence-electron chi connectivity index (χ3n) is 5.35. The molecular formula is C26H21N5O. The summed E-state index contributed by atoms with van der Waals surface area (Å²) in [5, 5.41) is 12.3. The lowest BCUT2D eigenvalue weighted by Crippen LogP contribution is -2.33. The predicted octanol–water partition coefficient (Wildman–Crippen LogP) is 4.28. The molecule has 4 rings (SSSR count). The van der Waals surface area contributed by atoms with Crippen molar-refractivity contribution in [3.63, 3.8) is 0 Å². The van der Waals surface area contributed by atoms with Gasteiger partial charge in [0.25, 0.3) is 0 Å². The minimum absolute atomic E-state index is 0.179. The Balaban J connectivity index is 1.97. The number of anilines is 1. The van der Waals surface area contributed by atoms with E-state index in [1.54, 1.807) is 24.5 Å². The first-order valence-corrected chi connectivity index (χ1v) is 10.2. The molecule has 0 bridgehead atoms. The van der Waals surface area contributed by atoms with Gasteiger partial charge in [-0.25, -0.2) is 4.98 Å². The van der Waals surface area contributed by atoms with Crippen molar-refractivity contribution in [1.82, 2.24) is 15.0 Å². The molecule has 32 heavy (non-hydrogen) atoms. The predicted molar refractivity (Wildman–Crippen MR) is 122 cm³/mol. The molecule has 6 nitrogen and oxygen atoms in total. The van der Waals surface area contributed by atoms with Gasteiger partial charge >= 0.3 is 0 Å². The molecule has 156 valence electrons. The van der Waals surface area contributed by atoms with Gasteiger partial charge in [0.1, 0.15) is 5.82 Å². The van der Waals surface area contributed by atoms with Gasteiger partial charge in [-0.3, -0.25) is 14.8 Å². The van der Waals surface area contributed by atoms with E-state index < -0.39 is 5.41 Å². The maximum Gasteiger partial charge on any atom is 0.222 e. The van der Waals surface area contributed by atoms with Crippen LogP contribution in [0.4, 0.5) is 5.82 Å². The molecule has 0 spiro atoms. The van der Waals surface area contributed by atoms with Crippen LogP contribution in [0.25, 0.3) is 0 Å². The number of carbonyl (C=O) groups excluding carboxylic acids is 1. The van der Waals surface area contributed by atoms with Crippen LogP contribution in [0.15, 0.2) is 91.5 Å². The van der Waals surface area contributed by atoms with Crippen molar-refractivity contribution in [2.75, 3.05) is 5.32 Å². The molecular weight excluding hydrogens is 398 g/mol. The van der Waals surface area contributed by atoms with Crippen LogP contribution in [0.2, 0.25) is 0 Å². The first-order chi connectivity index (χ1) is 15.6. The van der Waals surface area contributed by atoms with E-state index in [-0.39, 0.29) is 5.91 Å². The van der Waals surface area contributed by atoms with Gasteiger partial charge < -0.3 is 5.32 Å². The Morgan fingerprint density at radius 2 is 1.59 bits per heavy atom. The summed E-state index contributed by atoms with van der Waals surface area (Å²) in [5.74, 6) is 0.314. The number of hydrogen-bond donors (Lipinski definition) is 1. The van der Waals surface area contributed by atoms with Gasteiger partial charge in [-0.15, -0.1) is 0 Å². The molecule has 0 unspecified atom stereocenters. The Morgan fingerprint density at radius 1 is 0.938 bits per heavy atom. The Labute approximate surface area is 186 Å². The summed E-state index contributed by atoms with van der Waals surface area (Å²) in [6, 6.07) is 23.2. The highest BCUT2D eigenvalue weighted by Crippen LogP contribution is 2.41. The van der Waals surface area contributed by atoms with Crippen LogP contribution in [-0.2, 0) is 16.6 Å². The average molecular weight is 419 g/mol. The van der Waals surface area contributed by atoms with Crippen molar-refractivity contribution < 1.29 is 4.79 Å². The largest absolute Gasteiger partial charge is 0.311 e. The lowest BCUT2D eigenvalue weighted by molar-refractivity contribution is -0.114. The number of nitrogens with zero attached hydrogens (tertiary/aromatic N) is 4. The molecule has 0 aliphatic carbocycles. The fourth-order valence-corrected chi connectivity index (χ4v) is 3.99. The molecule has 6 heteroatoms. The summed E-state index contributed by atoms with van der Waals surface area (Å²) in [7, 11) is 0. The number of nitrogens with one attached hydrogen (secondary N) is 1. The lowest BCUT2D eigenvalue weighted by atomic mass is 9.67. The standard InChI is InChI=1S/C26H21N5O/c1-19(32)30-25-11-3-10-24(31-25)15-26(22-8-4-12-28-17-22,23-9-5-13-29-18-23)21-7-2-6-20(14-21)16-27/h2-14,17-18H,15H2,1H3,(H,30,31,32). The van der Waals surface area contributed by atoms with Crippen LogP contribution in [-0.4, -0.2) is 20.9 Å². The lowest BCUT2D eigenvalue weighted by Gasteiger charge is -2.35. The second-order valence-corrected chi connectivity index (χ2v) is 7.45. The van der Waals surface area contributed by atoms with Gasteiger partial charge in [-0.2, -0.15) is 5.26 Å². The highest BCUT2D eigenvalue weighted by molar-refractivity contribution is 5.87. The van der Waals surface area contributed by atoms with Crippen LogP contribution in [0.5, 0.6) is 0 Å². The molecule has 4 aromatic rings. The van der Waals surface area contributed by atoms with E-state index in [0.717, 1.165) is 22.4 Å². The topological polar surface area (TPSA) is 91.6 Å². The summed E-state index contributed by atoms with van der Waals surface area (Å²) in [5.41, 5.74) is 3.50. The number of nitriles is 1. The smallest absolute Gasteiger partial charge is 0.222 e. The zero-order valence-corrected chi connectivity index (χ0v) is 17.6. The van der Waals surface area contributed by atoms with E-state index in [2.05, 4.69) is 26.3 Å². The van der Waals surface area contributed by atoms with Crippen molar-refractivity contribution in [3.8, 4) is 6.07 Å². The Kier molecular flexibility index (Phi) is 6.00. The molecule has 3 aromatic heterocycles. The molecule has 1 N–H and O–H groups in total. The van der Waals surface area contributed by atoms with Gasteiger partial charge in [0.05, 0.1) is 17.0 Å². The Hall–Kier alpha value is -4.37. The van der Waals surface area contributed by atoms with Gasteiger partial charge in [-0.1, -0.05) is 30.3 Å². The molecule has 0 atom stereocenters. The SMILES string of the molecule is CC(=O)Nc1cccc(CC(c2cccnc2)(c2cccnc2)c2cccc(C#N)c2)n1. The van der Waals surface area contributed by atoms with E-state index in [4.69, 9.17) is 0 Å². The van der Waals surface area contributed by atoms with E-state index >= 15 is 0 Å². The molecule has 0 saturated heterocycles. The van der Waals surface area contributed by atoms with Crippen LogP contribution in [0.1, 0.15) is 34.9 Å². The van der Waals surface area contributed by atoms with Gasteiger partial charge in [0.15, 0.2) is 0 Å². The van der Waals surface area contributed by atoms with E-state index in [1.807, 2.05) is 67.0 Å². The number of rotatable bonds is 6. The monoisotopic (exact) mass is 419 g/mol. The molecule has 0 aliphatic rings. The fourth-order valence-electron chi connectivity index (χ4n) is 3.99. The van der Waals surface area contributed by atoms with E-state index in [1.165, 1.54) is 6.92 Å². The van der Waals surface area contributed by atoms with Gasteiger partial charge in [0, 0.05) is 43.8 Å². The highest BCUT2D eigenvalue weighted by atomic mass is 16.1. The van der Waals surface area contributed by atoms with Crippen molar-refractivity contribution in [3.05, 3.63) is 119 Å². The molecule has 0 aliphatic heterocycles. The van der Waals surface area contributed by atoms with Gasteiger partial charge in [-0.05, 0) is 53.1 Å². The first kappa shape index (κ1) is 20.9. The number of benzene rings is 1. The zero-order valence-electron chi connectivity index (χ0n) is 17.6. The maximum atomic E-state index is 11.5. The molecule has 0 saturated carbocycles. The first-order valence-electron chi connectivity index (χ1n) is 10.2. The second-order valence-electron chi connectivity index (χ2n) is 7.45. The number of hydrogen-bond acceptors (Lipinski definition) is 5. The van der Waals surface area contributed by atoms with E-state index in [0.29, 0.717) is 17.8 Å². The zero-order chi connectivity index (χ0) is 22.4. The Bertz CT molecular complexity index is 1230. The summed E-state index contributed by atoms with van der Waals surface area (Å²) < 4.78 is 0. The molecule has 0 radical (unpaired) electrons. The maximum absolute atomic E-state index is 11.5. The third-order valence-corrected chi connectivity index (χ3v) is 5.35. The summed E-state index contributed by atoms with van der Waals surface area (Å²) in [4.78, 5) is 25.0. The summed E-state index contributed by atoms with van der Waals surface area (Å²) in [6.07, 6.45) is 7.62. The summed E-state index contributed by atoms with van der Waals surface area (Å²) in [6.45, 7) is 1.46. The molecule has 3 heterocycles. The number of pyridine rings is 3. The van der Waals surface area contributed by atoms with Gasteiger partial charge in [0.2, 0.25) is 5.91 Å². The van der Waals surface area contributed by atoms with E-state index in [9.17, 15) is 10.1 Å². The molecule has 0 fully saturated rings. The van der Waals surface area contributed by atoms with Crippen molar-refractivity contribution in [1.29, 1.82) is 5.26 Å². The van der Waals surface area contributed by atoms with Crippen molar-refractivity contribution in [2.24, 2.45) is 0 Å². The minimum Gasteiger partial charge on any atom is -0.311 e. The Morgan fingerprint density at radius 3 is 2.19 bits per heavy atom. The highest BCUT2D eigenvalue weighted by Gasteiger charge is 2.38. The minimum atomic E-state index is -0.697. The quantitative estimate of drug-likeness (QED) is 0.504. The van der Waals surface area contributed by atoms with Crippen molar-refractivity contribution >= 4 is 11.7 Å². The van der Waals surface area contributed by atoms with Crippen molar-refractivity contribution in [2.45, 2.75) is 18.8 Å².